The van der Waals surface area contributed by atoms with Crippen molar-refractivity contribution in [3.63, 3.8) is 0 Å². The van der Waals surface area contributed by atoms with E-state index in [9.17, 15) is 4.79 Å². The zero-order valence-corrected chi connectivity index (χ0v) is 22.4. The number of hydrogen-bond acceptors (Lipinski definition) is 4. The molecule has 0 radical (unpaired) electrons. The molecule has 1 amide bonds. The average Bonchev–Trinajstić information content (AvgIpc) is 3.43. The molecule has 1 aromatic heterocycles. The van der Waals surface area contributed by atoms with Crippen molar-refractivity contribution in [2.75, 3.05) is 26.3 Å². The molecule has 2 atom stereocenters. The molecule has 2 unspecified atom stereocenters. The van der Waals surface area contributed by atoms with E-state index in [4.69, 9.17) is 21.3 Å². The van der Waals surface area contributed by atoms with Gasteiger partial charge >= 0.3 is 0 Å². The Morgan fingerprint density at radius 2 is 1.73 bits per heavy atom. The van der Waals surface area contributed by atoms with Gasteiger partial charge in [0.1, 0.15) is 0 Å². The quantitative estimate of drug-likeness (QED) is 0.380. The molecular weight excluding hydrogens is 520 g/mol. The smallest absolute Gasteiger partial charge is 0.282 e. The molecule has 4 nitrogen and oxygen atoms in total. The first-order valence-corrected chi connectivity index (χ1v) is 14.4. The minimum Gasteiger partial charge on any atom is -0.381 e. The van der Waals surface area contributed by atoms with E-state index in [1.165, 1.54) is 56.3 Å². The lowest BCUT2D eigenvalue weighted by Gasteiger charge is -2.22. The maximum Gasteiger partial charge on any atom is 0.282 e. The van der Waals surface area contributed by atoms with Crippen LogP contribution in [0.5, 0.6) is 0 Å². The number of rotatable bonds is 2. The van der Waals surface area contributed by atoms with Crippen LogP contribution in [0.2, 0.25) is 5.02 Å². The normalized spacial score (nSPS) is 23.5. The number of hydrogen-bond donors (Lipinski definition) is 0. The van der Waals surface area contributed by atoms with Crippen LogP contribution >= 0.6 is 38.9 Å². The second kappa shape index (κ2) is 12.7. The summed E-state index contributed by atoms with van der Waals surface area (Å²) in [6.45, 7) is 3.28. The van der Waals surface area contributed by atoms with E-state index in [1.54, 1.807) is 0 Å². The third-order valence-electron chi connectivity index (χ3n) is 6.93. The van der Waals surface area contributed by atoms with Gasteiger partial charge in [0.25, 0.3) is 5.91 Å². The van der Waals surface area contributed by atoms with Crippen LogP contribution in [0.3, 0.4) is 0 Å². The van der Waals surface area contributed by atoms with Crippen molar-refractivity contribution in [3.05, 3.63) is 38.1 Å². The highest BCUT2D eigenvalue weighted by molar-refractivity contribution is 9.11. The number of halogens is 2. The van der Waals surface area contributed by atoms with Crippen LogP contribution in [0, 0.1) is 11.8 Å². The molecule has 7 heteroatoms. The minimum atomic E-state index is 0.0426. The van der Waals surface area contributed by atoms with Crippen LogP contribution in [-0.2, 0) is 4.74 Å². The maximum atomic E-state index is 13.4. The molecule has 1 saturated heterocycles. The van der Waals surface area contributed by atoms with Gasteiger partial charge in [0.2, 0.25) is 0 Å². The molecule has 1 saturated carbocycles. The van der Waals surface area contributed by atoms with Crippen LogP contribution in [0.15, 0.2) is 28.1 Å². The number of ether oxygens (including phenoxy) is 1. The van der Waals surface area contributed by atoms with E-state index < -0.39 is 0 Å². The summed E-state index contributed by atoms with van der Waals surface area (Å²) in [5, 5.41) is 1.24. The standard InChI is InChI=1S/C26H34BrClN2O2S/c27-24-23(21-10-12-22(28)13-11-21)29-25(33-24)26(31)30-14-4-2-1-3-7-19-8-9-20(17-19)18-32-16-6-5-15-30/h10-13,19-20H,1-9,14-18H2. The Morgan fingerprint density at radius 3 is 2.55 bits per heavy atom. The fraction of sp³-hybridized carbons (Fsp3) is 0.615. The summed E-state index contributed by atoms with van der Waals surface area (Å²) in [6, 6.07) is 7.58. The van der Waals surface area contributed by atoms with Crippen molar-refractivity contribution in [2.45, 2.75) is 64.2 Å². The Balaban J connectivity index is 1.38. The largest absolute Gasteiger partial charge is 0.381 e. The first-order valence-electron chi connectivity index (χ1n) is 12.4. The summed E-state index contributed by atoms with van der Waals surface area (Å²) < 4.78 is 6.87. The van der Waals surface area contributed by atoms with Gasteiger partial charge in [-0.15, -0.1) is 11.3 Å². The van der Waals surface area contributed by atoms with Crippen molar-refractivity contribution < 1.29 is 9.53 Å². The lowest BCUT2D eigenvalue weighted by atomic mass is 9.98. The number of aromatic nitrogens is 1. The fourth-order valence-electron chi connectivity index (χ4n) is 5.07. The van der Waals surface area contributed by atoms with E-state index >= 15 is 0 Å². The first kappa shape index (κ1) is 25.2. The molecule has 2 bridgehead atoms. The van der Waals surface area contributed by atoms with Gasteiger partial charge in [-0.25, -0.2) is 4.98 Å². The van der Waals surface area contributed by atoms with Gasteiger partial charge in [0.15, 0.2) is 5.01 Å². The van der Waals surface area contributed by atoms with Crippen molar-refractivity contribution in [1.29, 1.82) is 0 Å². The average molecular weight is 554 g/mol. The molecule has 4 rings (SSSR count). The fourth-order valence-corrected chi connectivity index (χ4v) is 6.75. The molecule has 1 aliphatic heterocycles. The third kappa shape index (κ3) is 7.27. The zero-order valence-electron chi connectivity index (χ0n) is 19.2. The van der Waals surface area contributed by atoms with Gasteiger partial charge < -0.3 is 9.64 Å². The monoisotopic (exact) mass is 552 g/mol. The number of fused-ring (bicyclic) bond motifs is 2. The number of carbonyl (C=O) groups is 1. The molecule has 1 aromatic carbocycles. The number of thiazole rings is 1. The van der Waals surface area contributed by atoms with Crippen LogP contribution in [0.25, 0.3) is 11.3 Å². The van der Waals surface area contributed by atoms with Crippen molar-refractivity contribution >= 4 is 44.8 Å². The Kier molecular flexibility index (Phi) is 9.65. The third-order valence-corrected chi connectivity index (χ3v) is 8.88. The predicted octanol–water partition coefficient (Wildman–Crippen LogP) is 7.85. The van der Waals surface area contributed by atoms with Gasteiger partial charge in [-0.2, -0.15) is 0 Å². The summed E-state index contributed by atoms with van der Waals surface area (Å²) in [5.41, 5.74) is 1.76. The SMILES string of the molecule is O=C(c1nc(-c2ccc(Cl)cc2)c(Br)s1)N1CCCCCCC2CCC(COCCCC1)C2. The second-order valence-corrected chi connectivity index (χ2v) is 12.2. The van der Waals surface area contributed by atoms with Crippen molar-refractivity contribution in [2.24, 2.45) is 11.8 Å². The van der Waals surface area contributed by atoms with E-state index in [0.717, 1.165) is 72.4 Å². The number of benzene rings is 1. The van der Waals surface area contributed by atoms with Gasteiger partial charge in [-0.3, -0.25) is 4.79 Å². The predicted molar refractivity (Wildman–Crippen MR) is 140 cm³/mol. The minimum absolute atomic E-state index is 0.0426. The molecule has 1 aliphatic carbocycles. The molecule has 0 N–H and O–H groups in total. The second-order valence-electron chi connectivity index (χ2n) is 9.47. The van der Waals surface area contributed by atoms with E-state index in [0.29, 0.717) is 10.0 Å². The molecule has 2 fully saturated rings. The molecule has 2 heterocycles. The summed E-state index contributed by atoms with van der Waals surface area (Å²) >= 11 is 11.1. The summed E-state index contributed by atoms with van der Waals surface area (Å²) in [7, 11) is 0. The Morgan fingerprint density at radius 1 is 1.00 bits per heavy atom. The van der Waals surface area contributed by atoms with E-state index in [-0.39, 0.29) is 5.91 Å². The molecule has 33 heavy (non-hydrogen) atoms. The van der Waals surface area contributed by atoms with Gasteiger partial charge in [0.05, 0.1) is 9.48 Å². The topological polar surface area (TPSA) is 42.4 Å². The summed E-state index contributed by atoms with van der Waals surface area (Å²) in [5.74, 6) is 1.71. The van der Waals surface area contributed by atoms with Gasteiger partial charge in [-0.1, -0.05) is 55.8 Å². The Labute approximate surface area is 215 Å². The summed E-state index contributed by atoms with van der Waals surface area (Å²) in [4.78, 5) is 20.1. The highest BCUT2D eigenvalue weighted by Crippen LogP contribution is 2.35. The van der Waals surface area contributed by atoms with E-state index in [2.05, 4.69) is 15.9 Å². The highest BCUT2D eigenvalue weighted by Gasteiger charge is 2.25. The van der Waals surface area contributed by atoms with Crippen LogP contribution in [-0.4, -0.2) is 42.1 Å². The van der Waals surface area contributed by atoms with Crippen LogP contribution < -0.4 is 0 Å². The number of nitrogens with zero attached hydrogens (tertiary/aromatic N) is 2. The zero-order chi connectivity index (χ0) is 23.0. The highest BCUT2D eigenvalue weighted by atomic mass is 79.9. The number of carbonyl (C=O) groups excluding carboxylic acids is 1. The molecule has 0 spiro atoms. The first-order chi connectivity index (χ1) is 16.1. The molecule has 2 aliphatic rings. The van der Waals surface area contributed by atoms with Crippen LogP contribution in [0.1, 0.15) is 74.0 Å². The summed E-state index contributed by atoms with van der Waals surface area (Å²) in [6.07, 6.45) is 12.3. The molecule has 180 valence electrons. The van der Waals surface area contributed by atoms with Crippen LogP contribution in [0.4, 0.5) is 0 Å². The lowest BCUT2D eigenvalue weighted by molar-refractivity contribution is 0.0724. The molecule has 2 aromatic rings. The lowest BCUT2D eigenvalue weighted by Crippen LogP contribution is -2.33. The van der Waals surface area contributed by atoms with Gasteiger partial charge in [0, 0.05) is 36.9 Å². The van der Waals surface area contributed by atoms with Crippen molar-refractivity contribution in [3.8, 4) is 11.3 Å². The Hall–Kier alpha value is -0.950. The van der Waals surface area contributed by atoms with E-state index in [1.807, 2.05) is 29.2 Å². The number of amides is 1. The van der Waals surface area contributed by atoms with Crippen molar-refractivity contribution in [1.82, 2.24) is 9.88 Å². The van der Waals surface area contributed by atoms with Gasteiger partial charge in [-0.05, 0) is 72.0 Å². The molecular formula is C26H34BrClN2O2S. The maximum absolute atomic E-state index is 13.4. The Bertz CT molecular complexity index is 882.